The predicted octanol–water partition coefficient (Wildman–Crippen LogP) is 1.53. The number of ether oxygens (including phenoxy) is 2. The van der Waals surface area contributed by atoms with Gasteiger partial charge in [-0.2, -0.15) is 4.98 Å². The van der Waals surface area contributed by atoms with Gasteiger partial charge in [0.15, 0.2) is 0 Å². The molecule has 3 heterocycles. The molecule has 3 aromatic rings. The zero-order valence-corrected chi connectivity index (χ0v) is 13.0. The van der Waals surface area contributed by atoms with E-state index in [2.05, 4.69) is 25.3 Å². The van der Waals surface area contributed by atoms with E-state index in [0.29, 0.717) is 22.9 Å². The molecule has 0 saturated heterocycles. The Bertz CT molecular complexity index is 893. The molecule has 0 bridgehead atoms. The first-order chi connectivity index (χ1) is 11.6. The van der Waals surface area contributed by atoms with Crippen molar-refractivity contribution in [3.05, 3.63) is 24.5 Å². The third-order valence-electron chi connectivity index (χ3n) is 3.35. The summed E-state index contributed by atoms with van der Waals surface area (Å²) in [6.07, 6.45) is 3.34. The van der Waals surface area contributed by atoms with Crippen molar-refractivity contribution in [3.8, 4) is 23.0 Å². The Kier molecular flexibility index (Phi) is 4.15. The average Bonchev–Trinajstić information content (AvgIpc) is 3.07. The second kappa shape index (κ2) is 6.41. The summed E-state index contributed by atoms with van der Waals surface area (Å²) in [6, 6.07) is 3.79. The monoisotopic (exact) mass is 329 g/mol. The third-order valence-corrected chi connectivity index (χ3v) is 3.35. The molecule has 124 valence electrons. The number of hydrogen-bond acceptors (Lipinski definition) is 7. The number of carboxylic acid groups (broad SMARTS) is 1. The van der Waals surface area contributed by atoms with Crippen molar-refractivity contribution in [2.24, 2.45) is 0 Å². The Hall–Kier alpha value is -3.36. The number of aromatic nitrogens is 4. The van der Waals surface area contributed by atoms with Crippen LogP contribution in [-0.4, -0.2) is 51.8 Å². The molecule has 0 unspecified atom stereocenters. The van der Waals surface area contributed by atoms with Crippen LogP contribution >= 0.6 is 0 Å². The van der Waals surface area contributed by atoms with Crippen molar-refractivity contribution in [1.82, 2.24) is 19.9 Å². The maximum absolute atomic E-state index is 10.8. The number of carbonyl (C=O) groups is 1. The first kappa shape index (κ1) is 15.5. The van der Waals surface area contributed by atoms with Crippen LogP contribution < -0.4 is 14.8 Å². The Labute approximate surface area is 136 Å². The summed E-state index contributed by atoms with van der Waals surface area (Å²) in [5.74, 6) is -0.213. The molecule has 0 aliphatic heterocycles. The molecule has 9 nitrogen and oxygen atoms in total. The van der Waals surface area contributed by atoms with E-state index >= 15 is 0 Å². The van der Waals surface area contributed by atoms with Gasteiger partial charge in [-0.3, -0.25) is 4.79 Å². The SMILES string of the molecule is COc1ncc(-c2cc(NCC(=O)O)nc3[nH]ccc23)c(OC)n1. The highest BCUT2D eigenvalue weighted by Crippen LogP contribution is 2.35. The number of aliphatic carboxylic acids is 1. The lowest BCUT2D eigenvalue weighted by Crippen LogP contribution is -2.13. The molecule has 0 atom stereocenters. The number of anilines is 1. The minimum Gasteiger partial charge on any atom is -0.480 e. The van der Waals surface area contributed by atoms with Crippen molar-refractivity contribution >= 4 is 22.8 Å². The van der Waals surface area contributed by atoms with Crippen molar-refractivity contribution in [2.45, 2.75) is 0 Å². The number of H-pyrrole nitrogens is 1. The van der Waals surface area contributed by atoms with Crippen LogP contribution in [0.4, 0.5) is 5.82 Å². The normalized spacial score (nSPS) is 10.6. The largest absolute Gasteiger partial charge is 0.480 e. The molecule has 0 aromatic carbocycles. The quantitative estimate of drug-likeness (QED) is 0.622. The van der Waals surface area contributed by atoms with Crippen LogP contribution in [0, 0.1) is 0 Å². The van der Waals surface area contributed by atoms with E-state index in [1.165, 1.54) is 14.2 Å². The average molecular weight is 329 g/mol. The summed E-state index contributed by atoms with van der Waals surface area (Å²) in [4.78, 5) is 26.4. The summed E-state index contributed by atoms with van der Waals surface area (Å²) >= 11 is 0. The lowest BCUT2D eigenvalue weighted by Gasteiger charge is -2.11. The van der Waals surface area contributed by atoms with E-state index in [0.717, 1.165) is 10.9 Å². The molecule has 0 saturated carbocycles. The van der Waals surface area contributed by atoms with Gasteiger partial charge in [0.1, 0.15) is 18.0 Å². The molecule has 0 aliphatic carbocycles. The van der Waals surface area contributed by atoms with Crippen LogP contribution in [-0.2, 0) is 4.79 Å². The second-order valence-corrected chi connectivity index (χ2v) is 4.82. The zero-order valence-electron chi connectivity index (χ0n) is 13.0. The molecule has 3 aromatic heterocycles. The van der Waals surface area contributed by atoms with E-state index in [1.54, 1.807) is 18.5 Å². The highest BCUT2D eigenvalue weighted by molar-refractivity contribution is 5.96. The van der Waals surface area contributed by atoms with Gasteiger partial charge >= 0.3 is 12.0 Å². The van der Waals surface area contributed by atoms with E-state index in [9.17, 15) is 4.79 Å². The van der Waals surface area contributed by atoms with Gasteiger partial charge in [0.05, 0.1) is 19.8 Å². The first-order valence-electron chi connectivity index (χ1n) is 7.01. The predicted molar refractivity (Wildman–Crippen MR) is 86.3 cm³/mol. The lowest BCUT2D eigenvalue weighted by molar-refractivity contribution is -0.134. The molecule has 3 N–H and O–H groups in total. The van der Waals surface area contributed by atoms with Crippen LogP contribution in [0.25, 0.3) is 22.2 Å². The Balaban J connectivity index is 2.14. The molecule has 24 heavy (non-hydrogen) atoms. The van der Waals surface area contributed by atoms with Crippen molar-refractivity contribution in [1.29, 1.82) is 0 Å². The number of pyridine rings is 1. The number of rotatable bonds is 6. The van der Waals surface area contributed by atoms with Gasteiger partial charge < -0.3 is 24.9 Å². The van der Waals surface area contributed by atoms with Gasteiger partial charge in [0, 0.05) is 23.3 Å². The number of nitrogens with zero attached hydrogens (tertiary/aromatic N) is 3. The van der Waals surface area contributed by atoms with Crippen molar-refractivity contribution in [2.75, 3.05) is 26.1 Å². The second-order valence-electron chi connectivity index (χ2n) is 4.82. The fraction of sp³-hybridized carbons (Fsp3) is 0.200. The van der Waals surface area contributed by atoms with Gasteiger partial charge in [-0.15, -0.1) is 0 Å². The van der Waals surface area contributed by atoms with Gasteiger partial charge in [-0.05, 0) is 12.1 Å². The van der Waals surface area contributed by atoms with Crippen LogP contribution in [0.1, 0.15) is 0 Å². The molecule has 0 amide bonds. The molecule has 0 radical (unpaired) electrons. The zero-order chi connectivity index (χ0) is 17.1. The Morgan fingerprint density at radius 2 is 2.12 bits per heavy atom. The van der Waals surface area contributed by atoms with Crippen LogP contribution in [0.3, 0.4) is 0 Å². The fourth-order valence-electron chi connectivity index (χ4n) is 2.31. The highest BCUT2D eigenvalue weighted by atomic mass is 16.5. The molecular formula is C15H15N5O4. The number of hydrogen-bond donors (Lipinski definition) is 3. The summed E-state index contributed by atoms with van der Waals surface area (Å²) in [6.45, 7) is -0.241. The molecule has 0 spiro atoms. The number of fused-ring (bicyclic) bond motifs is 1. The minimum atomic E-state index is -0.977. The van der Waals surface area contributed by atoms with Crippen molar-refractivity contribution < 1.29 is 19.4 Å². The van der Waals surface area contributed by atoms with Gasteiger partial charge in [-0.25, -0.2) is 9.97 Å². The standard InChI is InChI=1S/C15H15N5O4/c1-23-14-10(6-18-15(20-14)24-2)9-5-11(17-7-12(21)22)19-13-8(9)3-4-16-13/h3-6H,7H2,1-2H3,(H,21,22)(H2,16,17,19). The van der Waals surface area contributed by atoms with Gasteiger partial charge in [-0.1, -0.05) is 0 Å². The van der Waals surface area contributed by atoms with E-state index in [4.69, 9.17) is 14.6 Å². The number of nitrogens with one attached hydrogen (secondary N) is 2. The molecular weight excluding hydrogens is 314 g/mol. The summed E-state index contributed by atoms with van der Waals surface area (Å²) in [5, 5.41) is 12.4. The smallest absolute Gasteiger partial charge is 0.322 e. The topological polar surface area (TPSA) is 122 Å². The Morgan fingerprint density at radius 1 is 1.29 bits per heavy atom. The molecule has 0 aliphatic rings. The molecule has 3 rings (SSSR count). The van der Waals surface area contributed by atoms with Crippen LogP contribution in [0.5, 0.6) is 11.9 Å². The van der Waals surface area contributed by atoms with Crippen LogP contribution in [0.2, 0.25) is 0 Å². The summed E-state index contributed by atoms with van der Waals surface area (Å²) in [7, 11) is 2.98. The first-order valence-corrected chi connectivity index (χ1v) is 7.01. The fourth-order valence-corrected chi connectivity index (χ4v) is 2.31. The summed E-state index contributed by atoms with van der Waals surface area (Å²) < 4.78 is 10.3. The number of aromatic amines is 1. The van der Waals surface area contributed by atoms with E-state index in [-0.39, 0.29) is 12.6 Å². The van der Waals surface area contributed by atoms with Gasteiger partial charge in [0.25, 0.3) is 0 Å². The lowest BCUT2D eigenvalue weighted by atomic mass is 10.1. The number of methoxy groups -OCH3 is 2. The number of carboxylic acids is 1. The highest BCUT2D eigenvalue weighted by Gasteiger charge is 2.16. The third kappa shape index (κ3) is 2.91. The minimum absolute atomic E-state index is 0.194. The Morgan fingerprint density at radius 3 is 2.83 bits per heavy atom. The van der Waals surface area contributed by atoms with E-state index < -0.39 is 5.97 Å². The maximum Gasteiger partial charge on any atom is 0.322 e. The van der Waals surface area contributed by atoms with E-state index in [1.807, 2.05) is 6.07 Å². The van der Waals surface area contributed by atoms with Crippen LogP contribution in [0.15, 0.2) is 24.5 Å². The summed E-state index contributed by atoms with van der Waals surface area (Å²) in [5.41, 5.74) is 2.01. The maximum atomic E-state index is 10.8. The molecule has 9 heteroatoms. The van der Waals surface area contributed by atoms with Crippen molar-refractivity contribution in [3.63, 3.8) is 0 Å². The molecule has 0 fully saturated rings. The van der Waals surface area contributed by atoms with Gasteiger partial charge in [0.2, 0.25) is 5.88 Å².